The lowest BCUT2D eigenvalue weighted by atomic mass is 9.73. The summed E-state index contributed by atoms with van der Waals surface area (Å²) in [4.78, 5) is 34.5. The van der Waals surface area contributed by atoms with Gasteiger partial charge in [0.2, 0.25) is 5.91 Å². The number of imidazole rings is 1. The molecule has 3 aromatic carbocycles. The number of hydrogen-bond donors (Lipinski definition) is 2. The van der Waals surface area contributed by atoms with Crippen LogP contribution in [0, 0.1) is 11.7 Å². The standard InChI is InChI=1S/C33H32Cl2FN5O3/c1-33(32(43)37-21-6-3-5-20(34)16-21)28(22-7-4-8-23(35)29(22)36)27-26(41(33)17-18-9-10-18)13-14-40-25-12-11-19(31(42)39(2)44)15-24(25)38-30(27)40/h3-8,11-12,15-16,18,26-28,44H,9-10,13-14,17H2,1-2H3,(H,37,43)/t26-,27+,28-,33+/m0/s1. The van der Waals surface area contributed by atoms with Crippen molar-refractivity contribution in [3.05, 3.63) is 93.5 Å². The number of likely N-dealkylation sites (tertiary alicyclic amines) is 1. The highest BCUT2D eigenvalue weighted by atomic mass is 35.5. The number of anilines is 1. The molecule has 1 saturated carbocycles. The minimum Gasteiger partial charge on any atom is -0.328 e. The van der Waals surface area contributed by atoms with Crippen LogP contribution in [0.15, 0.2) is 60.7 Å². The highest BCUT2D eigenvalue weighted by molar-refractivity contribution is 6.31. The van der Waals surface area contributed by atoms with Gasteiger partial charge in [-0.05, 0) is 80.1 Å². The third kappa shape index (κ3) is 4.68. The molecule has 1 saturated heterocycles. The number of hydroxylamine groups is 2. The van der Waals surface area contributed by atoms with Crippen molar-refractivity contribution < 1.29 is 19.2 Å². The third-order valence-electron chi connectivity index (χ3n) is 9.65. The molecule has 1 aliphatic carbocycles. The number of aryl methyl sites for hydroxylation is 1. The number of benzene rings is 3. The van der Waals surface area contributed by atoms with Crippen LogP contribution >= 0.6 is 23.2 Å². The average molecular weight is 637 g/mol. The van der Waals surface area contributed by atoms with Crippen molar-refractivity contribution in [1.29, 1.82) is 0 Å². The predicted octanol–water partition coefficient (Wildman–Crippen LogP) is 6.71. The Morgan fingerprint density at radius 2 is 1.89 bits per heavy atom. The number of amides is 2. The summed E-state index contributed by atoms with van der Waals surface area (Å²) in [6, 6.07) is 17.1. The lowest BCUT2D eigenvalue weighted by Gasteiger charge is -2.40. The zero-order chi connectivity index (χ0) is 30.9. The number of hydrogen-bond acceptors (Lipinski definition) is 5. The molecule has 0 unspecified atom stereocenters. The zero-order valence-electron chi connectivity index (χ0n) is 24.3. The molecule has 4 atom stereocenters. The summed E-state index contributed by atoms with van der Waals surface area (Å²) in [5.74, 6) is -1.12. The van der Waals surface area contributed by atoms with E-state index in [0.717, 1.165) is 30.6 Å². The molecule has 11 heteroatoms. The van der Waals surface area contributed by atoms with E-state index >= 15 is 4.39 Å². The Kier molecular flexibility index (Phi) is 7.20. The van der Waals surface area contributed by atoms with E-state index in [4.69, 9.17) is 28.2 Å². The van der Waals surface area contributed by atoms with Crippen molar-refractivity contribution in [3.8, 4) is 0 Å². The van der Waals surface area contributed by atoms with E-state index in [1.165, 1.54) is 13.1 Å². The van der Waals surface area contributed by atoms with Gasteiger partial charge in [-0.3, -0.25) is 19.7 Å². The molecule has 0 radical (unpaired) electrons. The minimum atomic E-state index is -1.17. The van der Waals surface area contributed by atoms with Crippen LogP contribution in [-0.4, -0.2) is 61.7 Å². The van der Waals surface area contributed by atoms with Gasteiger partial charge in [-0.1, -0.05) is 41.4 Å². The van der Waals surface area contributed by atoms with Crippen LogP contribution in [0.5, 0.6) is 0 Å². The first-order valence-electron chi connectivity index (χ1n) is 14.8. The van der Waals surface area contributed by atoms with E-state index in [2.05, 4.69) is 14.8 Å². The molecule has 8 nitrogen and oxygen atoms in total. The van der Waals surface area contributed by atoms with Crippen molar-refractivity contribution >= 4 is 51.7 Å². The Labute approximate surface area is 264 Å². The molecule has 3 heterocycles. The first kappa shape index (κ1) is 29.2. The largest absolute Gasteiger partial charge is 0.328 e. The van der Waals surface area contributed by atoms with Gasteiger partial charge in [0.15, 0.2) is 0 Å². The molecule has 228 valence electrons. The molecule has 0 bridgehead atoms. The second-order valence-electron chi connectivity index (χ2n) is 12.4. The Bertz CT molecular complexity index is 1810. The lowest BCUT2D eigenvalue weighted by Crippen LogP contribution is -2.56. The van der Waals surface area contributed by atoms with Crippen molar-refractivity contribution in [2.45, 2.75) is 56.1 Å². The second kappa shape index (κ2) is 10.8. The van der Waals surface area contributed by atoms with E-state index in [1.807, 2.05) is 13.0 Å². The highest BCUT2D eigenvalue weighted by Gasteiger charge is 2.63. The number of carbonyl (C=O) groups is 2. The van der Waals surface area contributed by atoms with Crippen molar-refractivity contribution in [2.75, 3.05) is 18.9 Å². The average Bonchev–Trinajstić information content (AvgIpc) is 3.69. The van der Waals surface area contributed by atoms with E-state index in [9.17, 15) is 14.8 Å². The number of halogens is 3. The summed E-state index contributed by atoms with van der Waals surface area (Å²) in [5, 5.41) is 13.9. The zero-order valence-corrected chi connectivity index (χ0v) is 25.8. The summed E-state index contributed by atoms with van der Waals surface area (Å²) < 4.78 is 18.2. The van der Waals surface area contributed by atoms with Crippen LogP contribution < -0.4 is 5.32 Å². The summed E-state index contributed by atoms with van der Waals surface area (Å²) >= 11 is 12.6. The molecular formula is C33H32Cl2FN5O3. The molecule has 2 aliphatic heterocycles. The fourth-order valence-corrected chi connectivity index (χ4v) is 7.79. The molecule has 0 spiro atoms. The first-order valence-corrected chi connectivity index (χ1v) is 15.6. The maximum absolute atomic E-state index is 16.1. The van der Waals surface area contributed by atoms with Crippen LogP contribution in [0.1, 0.15) is 59.8 Å². The molecular weight excluding hydrogens is 604 g/mol. The molecule has 2 fully saturated rings. The van der Waals surface area contributed by atoms with Gasteiger partial charge in [-0.15, -0.1) is 0 Å². The number of nitrogens with one attached hydrogen (secondary N) is 1. The minimum absolute atomic E-state index is 0.00196. The van der Waals surface area contributed by atoms with Gasteiger partial charge in [0.1, 0.15) is 17.2 Å². The number of carbonyl (C=O) groups excluding carboxylic acids is 2. The Hall–Kier alpha value is -3.50. The van der Waals surface area contributed by atoms with Gasteiger partial charge < -0.3 is 9.88 Å². The van der Waals surface area contributed by atoms with E-state index < -0.39 is 23.2 Å². The van der Waals surface area contributed by atoms with Gasteiger partial charge in [0.05, 0.1) is 16.1 Å². The smallest absolute Gasteiger partial charge is 0.277 e. The maximum atomic E-state index is 16.1. The van der Waals surface area contributed by atoms with Crippen LogP contribution in [-0.2, 0) is 11.3 Å². The maximum Gasteiger partial charge on any atom is 0.277 e. The normalized spacial score (nSPS) is 24.6. The summed E-state index contributed by atoms with van der Waals surface area (Å²) in [6.07, 6.45) is 2.91. The van der Waals surface area contributed by atoms with Crippen LogP contribution in [0.2, 0.25) is 10.0 Å². The number of rotatable bonds is 6. The lowest BCUT2D eigenvalue weighted by molar-refractivity contribution is -0.127. The Balaban J connectivity index is 1.42. The SMILES string of the molecule is CN(O)C(=O)c1ccc2c(c1)nc1n2CC[C@H]2[C@@H]1[C@H](c1cccc(Cl)c1F)[C@](C)(C(=O)Nc1cccc(Cl)c1)N2CC1CC1. The molecule has 4 aromatic rings. The van der Waals surface area contributed by atoms with Crippen LogP contribution in [0.4, 0.5) is 10.1 Å². The Morgan fingerprint density at radius 1 is 1.11 bits per heavy atom. The fourth-order valence-electron chi connectivity index (χ4n) is 7.42. The fraction of sp³-hybridized carbons (Fsp3) is 0.364. The molecule has 2 amide bonds. The molecule has 44 heavy (non-hydrogen) atoms. The van der Waals surface area contributed by atoms with E-state index in [1.54, 1.807) is 48.5 Å². The number of aromatic nitrogens is 2. The van der Waals surface area contributed by atoms with Gasteiger partial charge in [0.25, 0.3) is 5.91 Å². The summed E-state index contributed by atoms with van der Waals surface area (Å²) in [7, 11) is 1.28. The van der Waals surface area contributed by atoms with E-state index in [0.29, 0.717) is 51.4 Å². The van der Waals surface area contributed by atoms with Crippen molar-refractivity contribution in [1.82, 2.24) is 19.5 Å². The molecule has 1 aromatic heterocycles. The van der Waals surface area contributed by atoms with Crippen molar-refractivity contribution in [3.63, 3.8) is 0 Å². The van der Waals surface area contributed by atoms with Crippen LogP contribution in [0.25, 0.3) is 11.0 Å². The van der Waals surface area contributed by atoms with Gasteiger partial charge >= 0.3 is 0 Å². The molecule has 7 rings (SSSR count). The number of fused-ring (bicyclic) bond motifs is 5. The number of nitrogens with zero attached hydrogens (tertiary/aromatic N) is 4. The van der Waals surface area contributed by atoms with Crippen LogP contribution in [0.3, 0.4) is 0 Å². The summed E-state index contributed by atoms with van der Waals surface area (Å²) in [5.41, 5.74) is 1.51. The Morgan fingerprint density at radius 3 is 2.61 bits per heavy atom. The summed E-state index contributed by atoms with van der Waals surface area (Å²) in [6.45, 7) is 3.28. The first-order chi connectivity index (χ1) is 21.1. The second-order valence-corrected chi connectivity index (χ2v) is 13.2. The van der Waals surface area contributed by atoms with E-state index in [-0.39, 0.29) is 22.9 Å². The van der Waals surface area contributed by atoms with Gasteiger partial charge in [0, 0.05) is 54.3 Å². The van der Waals surface area contributed by atoms with Crippen molar-refractivity contribution in [2.24, 2.45) is 5.92 Å². The topological polar surface area (TPSA) is 90.7 Å². The third-order valence-corrected chi connectivity index (χ3v) is 10.2. The monoisotopic (exact) mass is 635 g/mol. The quantitative estimate of drug-likeness (QED) is 0.182. The van der Waals surface area contributed by atoms with Gasteiger partial charge in [-0.25, -0.2) is 14.4 Å². The van der Waals surface area contributed by atoms with Gasteiger partial charge in [-0.2, -0.15) is 0 Å². The molecule has 3 aliphatic rings. The highest BCUT2D eigenvalue weighted by Crippen LogP contribution is 2.58. The molecule has 2 N–H and O–H groups in total. The predicted molar refractivity (Wildman–Crippen MR) is 167 cm³/mol.